The van der Waals surface area contributed by atoms with Gasteiger partial charge in [-0.3, -0.25) is 0 Å². The fraction of sp³-hybridized carbons (Fsp3) is 0.333. The van der Waals surface area contributed by atoms with Crippen LogP contribution in [0.25, 0.3) is 11.1 Å². The zero-order valence-electron chi connectivity index (χ0n) is 11.1. The fourth-order valence-corrected chi connectivity index (χ4v) is 3.10. The van der Waals surface area contributed by atoms with Crippen LogP contribution in [0.5, 0.6) is 0 Å². The van der Waals surface area contributed by atoms with E-state index in [9.17, 15) is 4.39 Å². The quantitative estimate of drug-likeness (QED) is 0.677. The van der Waals surface area contributed by atoms with Gasteiger partial charge in [0.15, 0.2) is 0 Å². The fourth-order valence-electron chi connectivity index (χ4n) is 3.10. The highest BCUT2D eigenvalue weighted by Crippen LogP contribution is 2.38. The van der Waals surface area contributed by atoms with Gasteiger partial charge < -0.3 is 0 Å². The molecule has 0 aromatic heterocycles. The molecule has 2 aromatic rings. The lowest BCUT2D eigenvalue weighted by Crippen LogP contribution is -2.14. The Bertz CT molecular complexity index is 524. The summed E-state index contributed by atoms with van der Waals surface area (Å²) in [7, 11) is 0. The van der Waals surface area contributed by atoms with Crippen molar-refractivity contribution in [3.63, 3.8) is 0 Å². The van der Waals surface area contributed by atoms with Crippen molar-refractivity contribution in [2.45, 2.75) is 37.8 Å². The summed E-state index contributed by atoms with van der Waals surface area (Å²) >= 11 is 0. The maximum atomic E-state index is 13.3. The van der Waals surface area contributed by atoms with Crippen LogP contribution >= 0.6 is 0 Å². The van der Waals surface area contributed by atoms with Crippen molar-refractivity contribution in [1.82, 2.24) is 0 Å². The molecule has 0 amide bonds. The minimum absolute atomic E-state index is 0.517. The van der Waals surface area contributed by atoms with Crippen LogP contribution in [-0.2, 0) is 0 Å². The summed E-state index contributed by atoms with van der Waals surface area (Å²) in [5.74, 6) is 0.517. The smallest absolute Gasteiger partial charge is 0.100 e. The van der Waals surface area contributed by atoms with Crippen molar-refractivity contribution in [3.05, 3.63) is 60.2 Å². The molecule has 2 aromatic carbocycles. The summed E-state index contributed by atoms with van der Waals surface area (Å²) in [6, 6.07) is 19.1. The molecule has 19 heavy (non-hydrogen) atoms. The van der Waals surface area contributed by atoms with Crippen LogP contribution < -0.4 is 0 Å². The molecule has 1 aliphatic carbocycles. The first-order chi connectivity index (χ1) is 9.34. The van der Waals surface area contributed by atoms with Crippen molar-refractivity contribution in [3.8, 4) is 11.1 Å². The van der Waals surface area contributed by atoms with Gasteiger partial charge in [-0.2, -0.15) is 0 Å². The van der Waals surface area contributed by atoms with E-state index in [4.69, 9.17) is 0 Å². The minimum Gasteiger partial charge on any atom is -0.247 e. The van der Waals surface area contributed by atoms with E-state index in [0.29, 0.717) is 18.8 Å². The minimum atomic E-state index is -0.583. The van der Waals surface area contributed by atoms with Crippen LogP contribution in [0.4, 0.5) is 4.39 Å². The molecule has 1 aliphatic rings. The van der Waals surface area contributed by atoms with Gasteiger partial charge >= 0.3 is 0 Å². The highest BCUT2D eigenvalue weighted by atomic mass is 19.1. The van der Waals surface area contributed by atoms with E-state index in [0.717, 1.165) is 12.8 Å². The highest BCUT2D eigenvalue weighted by Gasteiger charge is 2.23. The van der Waals surface area contributed by atoms with E-state index in [2.05, 4.69) is 48.5 Å². The predicted molar refractivity (Wildman–Crippen MR) is 78.0 cm³/mol. The Labute approximate surface area is 114 Å². The number of rotatable bonds is 2. The van der Waals surface area contributed by atoms with Gasteiger partial charge in [0, 0.05) is 0 Å². The molecule has 1 saturated carbocycles. The molecule has 3 rings (SSSR count). The van der Waals surface area contributed by atoms with Crippen LogP contribution in [0, 0.1) is 0 Å². The van der Waals surface area contributed by atoms with Gasteiger partial charge in [-0.15, -0.1) is 0 Å². The summed E-state index contributed by atoms with van der Waals surface area (Å²) in [5, 5.41) is 0. The van der Waals surface area contributed by atoms with Gasteiger partial charge in [-0.1, -0.05) is 54.6 Å². The lowest BCUT2D eigenvalue weighted by molar-refractivity contribution is 0.235. The van der Waals surface area contributed by atoms with E-state index in [1.807, 2.05) is 6.07 Å². The largest absolute Gasteiger partial charge is 0.247 e. The topological polar surface area (TPSA) is 0 Å². The van der Waals surface area contributed by atoms with Gasteiger partial charge in [-0.05, 0) is 48.3 Å². The lowest BCUT2D eigenvalue weighted by Gasteiger charge is -2.26. The summed E-state index contributed by atoms with van der Waals surface area (Å²) < 4.78 is 13.3. The lowest BCUT2D eigenvalue weighted by atomic mass is 9.80. The summed E-state index contributed by atoms with van der Waals surface area (Å²) in [5.41, 5.74) is 3.96. The Morgan fingerprint density at radius 3 is 2.11 bits per heavy atom. The Kier molecular flexibility index (Phi) is 3.63. The third-order valence-electron chi connectivity index (χ3n) is 4.14. The van der Waals surface area contributed by atoms with Gasteiger partial charge in [0.25, 0.3) is 0 Å². The molecule has 98 valence electrons. The molecule has 1 fully saturated rings. The van der Waals surface area contributed by atoms with Crippen molar-refractivity contribution in [2.75, 3.05) is 0 Å². The van der Waals surface area contributed by atoms with Crippen LogP contribution in [0.1, 0.15) is 37.2 Å². The molecular formula is C18H19F. The summed E-state index contributed by atoms with van der Waals surface area (Å²) in [4.78, 5) is 0. The number of hydrogen-bond acceptors (Lipinski definition) is 0. The van der Waals surface area contributed by atoms with Crippen LogP contribution in [0.15, 0.2) is 54.6 Å². The van der Waals surface area contributed by atoms with Crippen LogP contribution in [0.2, 0.25) is 0 Å². The van der Waals surface area contributed by atoms with E-state index in [-0.39, 0.29) is 0 Å². The standard InChI is InChI=1S/C18H19F/c19-16-12-10-15(11-13-16)18-9-5-4-8-17(18)14-6-2-1-3-7-14/h1-9,15-16H,10-13H2. The van der Waals surface area contributed by atoms with Crippen LogP contribution in [0.3, 0.4) is 0 Å². The second-order valence-electron chi connectivity index (χ2n) is 5.40. The molecule has 0 bridgehead atoms. The molecule has 0 atom stereocenters. The Balaban J connectivity index is 1.94. The molecule has 0 unspecified atom stereocenters. The summed E-state index contributed by atoms with van der Waals surface area (Å²) in [6.07, 6.45) is 2.80. The molecule has 0 N–H and O–H groups in total. The number of hydrogen-bond donors (Lipinski definition) is 0. The van der Waals surface area contributed by atoms with Gasteiger partial charge in [0.1, 0.15) is 6.17 Å². The Morgan fingerprint density at radius 2 is 1.37 bits per heavy atom. The van der Waals surface area contributed by atoms with Crippen molar-refractivity contribution < 1.29 is 4.39 Å². The normalized spacial score (nSPS) is 23.2. The zero-order valence-corrected chi connectivity index (χ0v) is 11.1. The zero-order chi connectivity index (χ0) is 13.1. The number of alkyl halides is 1. The van der Waals surface area contributed by atoms with Crippen molar-refractivity contribution >= 4 is 0 Å². The van der Waals surface area contributed by atoms with Gasteiger partial charge in [0.05, 0.1) is 0 Å². The summed E-state index contributed by atoms with van der Waals surface area (Å²) in [6.45, 7) is 0. The Morgan fingerprint density at radius 1 is 0.737 bits per heavy atom. The molecular weight excluding hydrogens is 235 g/mol. The van der Waals surface area contributed by atoms with Gasteiger partial charge in [-0.25, -0.2) is 4.39 Å². The third kappa shape index (κ3) is 2.70. The molecule has 0 spiro atoms. The predicted octanol–water partition coefficient (Wildman–Crippen LogP) is 5.35. The average Bonchev–Trinajstić information content (AvgIpc) is 2.49. The maximum Gasteiger partial charge on any atom is 0.100 e. The monoisotopic (exact) mass is 254 g/mol. The second kappa shape index (κ2) is 5.56. The second-order valence-corrected chi connectivity index (χ2v) is 5.40. The number of benzene rings is 2. The molecule has 1 heteroatoms. The van der Waals surface area contributed by atoms with E-state index in [1.54, 1.807) is 0 Å². The maximum absolute atomic E-state index is 13.3. The highest BCUT2D eigenvalue weighted by molar-refractivity contribution is 5.68. The van der Waals surface area contributed by atoms with Crippen molar-refractivity contribution in [1.29, 1.82) is 0 Å². The molecule has 0 nitrogen and oxygen atoms in total. The SMILES string of the molecule is FC1CCC(c2ccccc2-c2ccccc2)CC1. The van der Waals surface area contributed by atoms with Crippen LogP contribution in [-0.4, -0.2) is 6.17 Å². The molecule has 0 saturated heterocycles. The molecule has 0 heterocycles. The first-order valence-electron chi connectivity index (χ1n) is 7.13. The van der Waals surface area contributed by atoms with E-state index < -0.39 is 6.17 Å². The average molecular weight is 254 g/mol. The van der Waals surface area contributed by atoms with E-state index >= 15 is 0 Å². The van der Waals surface area contributed by atoms with Crippen molar-refractivity contribution in [2.24, 2.45) is 0 Å². The van der Waals surface area contributed by atoms with Gasteiger partial charge in [0.2, 0.25) is 0 Å². The third-order valence-corrected chi connectivity index (χ3v) is 4.14. The van der Waals surface area contributed by atoms with E-state index in [1.165, 1.54) is 16.7 Å². The molecule has 0 aliphatic heterocycles. The molecule has 0 radical (unpaired) electrons. The first-order valence-corrected chi connectivity index (χ1v) is 7.13. The first kappa shape index (κ1) is 12.4. The Hall–Kier alpha value is -1.63. The number of halogens is 1.